The molecule has 1 aromatic heterocycles. The van der Waals surface area contributed by atoms with Gasteiger partial charge >= 0.3 is 25.2 Å². The highest BCUT2D eigenvalue weighted by Gasteiger charge is 2.38. The fourth-order valence-electron chi connectivity index (χ4n) is 3.22. The average Bonchev–Trinajstić information content (AvgIpc) is 2.78. The molecule has 0 bridgehead atoms. The Morgan fingerprint density at radius 2 is 1.94 bits per heavy atom. The van der Waals surface area contributed by atoms with Gasteiger partial charge in [-0.05, 0) is 36.6 Å². The van der Waals surface area contributed by atoms with Crippen molar-refractivity contribution in [1.82, 2.24) is 10.3 Å². The quantitative estimate of drug-likeness (QED) is 0.335. The third-order valence-electron chi connectivity index (χ3n) is 4.83. The number of nitrogens with one attached hydrogen (secondary N) is 1. The molecule has 2 aromatic rings. The number of benzene rings is 1. The summed E-state index contributed by atoms with van der Waals surface area (Å²) in [5, 5.41) is 12.7. The van der Waals surface area contributed by atoms with E-state index in [1.165, 1.54) is 30.6 Å². The van der Waals surface area contributed by atoms with E-state index in [0.717, 1.165) is 0 Å². The zero-order chi connectivity index (χ0) is 24.7. The third-order valence-corrected chi connectivity index (χ3v) is 4.83. The maximum atomic E-state index is 12.5. The number of para-hydroxylation sites is 1. The van der Waals surface area contributed by atoms with Crippen molar-refractivity contribution in [1.29, 1.82) is 0 Å². The molecule has 1 aromatic carbocycles. The van der Waals surface area contributed by atoms with Gasteiger partial charge in [-0.15, -0.1) is 0 Å². The SMILES string of the molecule is O=C(CCCC(F)(F)F)N[C@H]1Cc2cccc(C(=O)OCOC(=O)c3cccnc3)c2OB1O. The molecule has 0 saturated carbocycles. The van der Waals surface area contributed by atoms with Crippen LogP contribution in [-0.4, -0.2) is 53.9 Å². The predicted octanol–water partition coefficient (Wildman–Crippen LogP) is 2.22. The van der Waals surface area contributed by atoms with Crippen LogP contribution in [0.15, 0.2) is 42.7 Å². The van der Waals surface area contributed by atoms with E-state index in [9.17, 15) is 32.6 Å². The monoisotopic (exact) mass is 480 g/mol. The molecule has 1 aliphatic heterocycles. The van der Waals surface area contributed by atoms with Gasteiger partial charge in [-0.3, -0.25) is 9.78 Å². The second-order valence-corrected chi connectivity index (χ2v) is 7.37. The molecule has 9 nitrogen and oxygen atoms in total. The van der Waals surface area contributed by atoms with E-state index in [0.29, 0.717) is 5.56 Å². The molecule has 34 heavy (non-hydrogen) atoms. The van der Waals surface area contributed by atoms with Crippen LogP contribution in [0.1, 0.15) is 45.5 Å². The summed E-state index contributed by atoms with van der Waals surface area (Å²) in [5.74, 6) is -3.17. The van der Waals surface area contributed by atoms with E-state index in [-0.39, 0.29) is 36.1 Å². The van der Waals surface area contributed by atoms with Crippen molar-refractivity contribution in [3.63, 3.8) is 0 Å². The van der Waals surface area contributed by atoms with E-state index >= 15 is 0 Å². The largest absolute Gasteiger partial charge is 0.547 e. The summed E-state index contributed by atoms with van der Waals surface area (Å²) in [4.78, 5) is 40.0. The molecule has 180 valence electrons. The normalized spacial score (nSPS) is 15.1. The first-order chi connectivity index (χ1) is 16.1. The lowest BCUT2D eigenvalue weighted by molar-refractivity contribution is -0.137. The molecule has 0 radical (unpaired) electrons. The number of pyridine rings is 1. The highest BCUT2D eigenvalue weighted by Crippen LogP contribution is 2.31. The molecule has 1 atom stereocenters. The summed E-state index contributed by atoms with van der Waals surface area (Å²) in [5.41, 5.74) is 0.602. The van der Waals surface area contributed by atoms with E-state index in [2.05, 4.69) is 10.3 Å². The molecular formula is C21H20BF3N2O7. The van der Waals surface area contributed by atoms with E-state index in [1.807, 2.05) is 0 Å². The fourth-order valence-corrected chi connectivity index (χ4v) is 3.22. The number of hydrogen-bond donors (Lipinski definition) is 2. The molecule has 0 fully saturated rings. The van der Waals surface area contributed by atoms with Crippen LogP contribution in [0.3, 0.4) is 0 Å². The van der Waals surface area contributed by atoms with Crippen LogP contribution >= 0.6 is 0 Å². The Balaban J connectivity index is 1.55. The van der Waals surface area contributed by atoms with Gasteiger partial charge in [0.25, 0.3) is 0 Å². The minimum atomic E-state index is -4.35. The van der Waals surface area contributed by atoms with Crippen molar-refractivity contribution in [2.24, 2.45) is 0 Å². The molecule has 0 spiro atoms. The minimum absolute atomic E-state index is 0.0288. The molecule has 2 N–H and O–H groups in total. The highest BCUT2D eigenvalue weighted by molar-refractivity contribution is 6.47. The average molecular weight is 480 g/mol. The van der Waals surface area contributed by atoms with Crippen molar-refractivity contribution in [3.05, 3.63) is 59.4 Å². The van der Waals surface area contributed by atoms with Gasteiger partial charge in [-0.1, -0.05) is 12.1 Å². The molecule has 13 heteroatoms. The Morgan fingerprint density at radius 1 is 1.18 bits per heavy atom. The van der Waals surface area contributed by atoms with Crippen LogP contribution in [0.5, 0.6) is 5.75 Å². The highest BCUT2D eigenvalue weighted by atomic mass is 19.4. The lowest BCUT2D eigenvalue weighted by Gasteiger charge is -2.29. The topological polar surface area (TPSA) is 124 Å². The summed E-state index contributed by atoms with van der Waals surface area (Å²) in [6.07, 6.45) is -3.34. The number of fused-ring (bicyclic) bond motifs is 1. The van der Waals surface area contributed by atoms with Crippen LogP contribution in [0, 0.1) is 0 Å². The van der Waals surface area contributed by atoms with E-state index in [1.54, 1.807) is 12.1 Å². The zero-order valence-electron chi connectivity index (χ0n) is 17.7. The molecule has 0 aliphatic carbocycles. The fraction of sp³-hybridized carbons (Fsp3) is 0.333. The molecule has 0 unspecified atom stereocenters. The Bertz CT molecular complexity index is 1040. The number of halogens is 3. The summed E-state index contributed by atoms with van der Waals surface area (Å²) in [6, 6.07) is 7.53. The lowest BCUT2D eigenvalue weighted by atomic mass is 9.72. The predicted molar refractivity (Wildman–Crippen MR) is 111 cm³/mol. The van der Waals surface area contributed by atoms with Crippen LogP contribution in [-0.2, 0) is 20.7 Å². The zero-order valence-corrected chi connectivity index (χ0v) is 17.7. The first-order valence-electron chi connectivity index (χ1n) is 10.2. The van der Waals surface area contributed by atoms with Crippen molar-refractivity contribution in [3.8, 4) is 5.75 Å². The number of carbonyl (C=O) groups is 3. The maximum absolute atomic E-state index is 12.5. The van der Waals surface area contributed by atoms with Gasteiger partial charge in [-0.25, -0.2) is 9.59 Å². The van der Waals surface area contributed by atoms with Gasteiger partial charge in [0.05, 0.1) is 11.5 Å². The maximum Gasteiger partial charge on any atom is 0.547 e. The molecule has 1 amide bonds. The Kier molecular flexibility index (Phi) is 8.10. The van der Waals surface area contributed by atoms with Gasteiger partial charge in [-0.2, -0.15) is 13.2 Å². The summed E-state index contributed by atoms with van der Waals surface area (Å²) >= 11 is 0. The van der Waals surface area contributed by atoms with Crippen molar-refractivity contribution >= 4 is 25.0 Å². The number of amides is 1. The first-order valence-corrected chi connectivity index (χ1v) is 10.2. The van der Waals surface area contributed by atoms with Gasteiger partial charge in [0.15, 0.2) is 0 Å². The van der Waals surface area contributed by atoms with Crippen molar-refractivity contribution < 1.29 is 46.7 Å². The van der Waals surface area contributed by atoms with Crippen LogP contribution in [0.25, 0.3) is 0 Å². The number of hydrogen-bond acceptors (Lipinski definition) is 8. The first kappa shape index (κ1) is 25.0. The third kappa shape index (κ3) is 6.94. The number of rotatable bonds is 8. The molecule has 2 heterocycles. The molecular weight excluding hydrogens is 460 g/mol. The van der Waals surface area contributed by atoms with Gasteiger partial charge in [0, 0.05) is 25.2 Å². The number of nitrogens with zero attached hydrogens (tertiary/aromatic N) is 1. The van der Waals surface area contributed by atoms with Crippen LogP contribution in [0.4, 0.5) is 13.2 Å². The Morgan fingerprint density at radius 3 is 2.65 bits per heavy atom. The van der Waals surface area contributed by atoms with Crippen LogP contribution in [0.2, 0.25) is 0 Å². The van der Waals surface area contributed by atoms with E-state index < -0.39 is 50.3 Å². The smallest absolute Gasteiger partial charge is 0.534 e. The van der Waals surface area contributed by atoms with Gasteiger partial charge in [0.1, 0.15) is 11.3 Å². The van der Waals surface area contributed by atoms with Crippen LogP contribution < -0.4 is 9.97 Å². The second-order valence-electron chi connectivity index (χ2n) is 7.37. The Hall–Kier alpha value is -3.61. The Labute approximate surface area is 192 Å². The summed E-state index contributed by atoms with van der Waals surface area (Å²) in [7, 11) is -1.54. The van der Waals surface area contributed by atoms with Gasteiger partial charge < -0.3 is 24.5 Å². The number of alkyl halides is 3. The number of aromatic nitrogens is 1. The van der Waals surface area contributed by atoms with E-state index in [4.69, 9.17) is 14.1 Å². The summed E-state index contributed by atoms with van der Waals surface area (Å²) < 4.78 is 51.9. The molecule has 3 rings (SSSR count). The number of ether oxygens (including phenoxy) is 2. The van der Waals surface area contributed by atoms with Gasteiger partial charge in [0.2, 0.25) is 12.7 Å². The second kappa shape index (κ2) is 11.0. The lowest BCUT2D eigenvalue weighted by Crippen LogP contribution is -2.53. The minimum Gasteiger partial charge on any atom is -0.534 e. The molecule has 1 aliphatic rings. The standard InChI is InChI=1S/C21H20BF3N2O7/c23-21(24,25)8-2-7-17(28)27-16-10-13-4-1-6-15(18(13)34-22(16)31)20(30)33-12-32-19(29)14-5-3-9-26-11-14/h1,3-6,9,11,16,31H,2,7-8,10,12H2,(H,27,28)/t16-/m0/s1. The van der Waals surface area contributed by atoms with Crippen molar-refractivity contribution in [2.75, 3.05) is 6.79 Å². The van der Waals surface area contributed by atoms with Crippen molar-refractivity contribution in [2.45, 2.75) is 37.8 Å². The number of carbonyl (C=O) groups excluding carboxylic acids is 3. The molecule has 0 saturated heterocycles. The summed E-state index contributed by atoms with van der Waals surface area (Å²) in [6.45, 7) is -0.671. The number of esters is 2.